The molecule has 0 heteroatoms. The standard InChI is InChI=1S/C31H24/c1-4-26-27(5-2)31(25-18-17-22-12-6-7-13-23(22)20-25)29-16-9-8-15-28(29)30(26)24-14-10-11-21(3)19-24/h4-20H,1-2H2,3H3. The summed E-state index contributed by atoms with van der Waals surface area (Å²) in [5.41, 5.74) is 8.33. The molecule has 0 saturated heterocycles. The van der Waals surface area contributed by atoms with Crippen LogP contribution in [-0.2, 0) is 0 Å². The number of benzene rings is 5. The van der Waals surface area contributed by atoms with Crippen molar-refractivity contribution in [1.29, 1.82) is 0 Å². The summed E-state index contributed by atoms with van der Waals surface area (Å²) < 4.78 is 0. The molecular formula is C31H24. The van der Waals surface area contributed by atoms with E-state index in [1.807, 2.05) is 12.2 Å². The lowest BCUT2D eigenvalue weighted by Crippen LogP contribution is -1.96. The molecule has 31 heavy (non-hydrogen) atoms. The molecule has 0 spiro atoms. The number of fused-ring (bicyclic) bond motifs is 2. The molecule has 0 fully saturated rings. The van der Waals surface area contributed by atoms with Gasteiger partial charge in [-0.3, -0.25) is 0 Å². The molecule has 0 aliphatic rings. The summed E-state index contributed by atoms with van der Waals surface area (Å²) >= 11 is 0. The minimum atomic E-state index is 1.13. The topological polar surface area (TPSA) is 0 Å². The zero-order chi connectivity index (χ0) is 21.4. The van der Waals surface area contributed by atoms with Crippen molar-refractivity contribution in [3.05, 3.63) is 121 Å². The summed E-state index contributed by atoms with van der Waals surface area (Å²) in [6, 6.07) is 32.6. The predicted octanol–water partition coefficient (Wildman–Crippen LogP) is 8.92. The fourth-order valence-corrected chi connectivity index (χ4v) is 4.67. The Hall–Kier alpha value is -3.90. The van der Waals surface area contributed by atoms with E-state index in [0.717, 1.165) is 11.1 Å². The summed E-state index contributed by atoms with van der Waals surface area (Å²) in [4.78, 5) is 0. The van der Waals surface area contributed by atoms with Crippen molar-refractivity contribution >= 4 is 33.7 Å². The smallest absolute Gasteiger partial charge is 0.00264 e. The van der Waals surface area contributed by atoms with Gasteiger partial charge in [0.2, 0.25) is 0 Å². The van der Waals surface area contributed by atoms with Gasteiger partial charge in [-0.2, -0.15) is 0 Å². The lowest BCUT2D eigenvalue weighted by Gasteiger charge is -2.20. The van der Waals surface area contributed by atoms with E-state index in [4.69, 9.17) is 0 Å². The third-order valence-electron chi connectivity index (χ3n) is 6.05. The summed E-state index contributed by atoms with van der Waals surface area (Å²) in [6.45, 7) is 10.5. The van der Waals surface area contributed by atoms with Crippen LogP contribution in [0.1, 0.15) is 16.7 Å². The Balaban J connectivity index is 1.93. The van der Waals surface area contributed by atoms with Crippen LogP contribution >= 0.6 is 0 Å². The molecule has 0 nitrogen and oxygen atoms in total. The molecule has 5 aromatic carbocycles. The average Bonchev–Trinajstić information content (AvgIpc) is 2.82. The first kappa shape index (κ1) is 19.1. The monoisotopic (exact) mass is 396 g/mol. The average molecular weight is 397 g/mol. The molecule has 0 saturated carbocycles. The fraction of sp³-hybridized carbons (Fsp3) is 0.0323. The Kier molecular flexibility index (Phi) is 4.76. The molecule has 148 valence electrons. The first-order valence-electron chi connectivity index (χ1n) is 10.6. The van der Waals surface area contributed by atoms with E-state index in [2.05, 4.69) is 111 Å². The molecule has 5 aromatic rings. The van der Waals surface area contributed by atoms with E-state index in [0.29, 0.717) is 0 Å². The third kappa shape index (κ3) is 3.17. The second kappa shape index (κ2) is 7.74. The van der Waals surface area contributed by atoms with E-state index in [1.165, 1.54) is 49.4 Å². The largest absolute Gasteiger partial charge is 0.0984 e. The van der Waals surface area contributed by atoms with Gasteiger partial charge in [-0.15, -0.1) is 0 Å². The predicted molar refractivity (Wildman–Crippen MR) is 137 cm³/mol. The first-order valence-corrected chi connectivity index (χ1v) is 10.6. The molecule has 0 aliphatic carbocycles. The second-order valence-electron chi connectivity index (χ2n) is 7.96. The Morgan fingerprint density at radius 1 is 0.548 bits per heavy atom. The van der Waals surface area contributed by atoms with Gasteiger partial charge in [-0.25, -0.2) is 0 Å². The Labute approximate surface area is 183 Å². The van der Waals surface area contributed by atoms with Crippen LogP contribution in [0.4, 0.5) is 0 Å². The van der Waals surface area contributed by atoms with E-state index < -0.39 is 0 Å². The first-order chi connectivity index (χ1) is 15.2. The normalized spacial score (nSPS) is 11.0. The highest BCUT2D eigenvalue weighted by atomic mass is 14.2. The maximum atomic E-state index is 4.20. The highest BCUT2D eigenvalue weighted by Crippen LogP contribution is 2.43. The van der Waals surface area contributed by atoms with Gasteiger partial charge in [-0.05, 0) is 67.9 Å². The molecular weight excluding hydrogens is 372 g/mol. The van der Waals surface area contributed by atoms with Crippen molar-refractivity contribution in [2.24, 2.45) is 0 Å². The van der Waals surface area contributed by atoms with E-state index in [-0.39, 0.29) is 0 Å². The molecule has 0 aliphatic heterocycles. The maximum Gasteiger partial charge on any atom is -0.00264 e. The SMILES string of the molecule is C=Cc1c(C=C)c(-c2ccc3ccccc3c2)c2ccccc2c1-c1cccc(C)c1. The molecule has 0 N–H and O–H groups in total. The zero-order valence-electron chi connectivity index (χ0n) is 17.7. The van der Waals surface area contributed by atoms with Crippen LogP contribution in [0, 0.1) is 6.92 Å². The van der Waals surface area contributed by atoms with Gasteiger partial charge < -0.3 is 0 Å². The highest BCUT2D eigenvalue weighted by molar-refractivity contribution is 6.12. The minimum Gasteiger partial charge on any atom is -0.0984 e. The minimum absolute atomic E-state index is 1.13. The summed E-state index contributed by atoms with van der Waals surface area (Å²) in [6.07, 6.45) is 3.96. The van der Waals surface area contributed by atoms with Crippen LogP contribution in [-0.4, -0.2) is 0 Å². The van der Waals surface area contributed by atoms with Crippen LogP contribution in [0.2, 0.25) is 0 Å². The number of hydrogen-bond acceptors (Lipinski definition) is 0. The summed E-state index contributed by atoms with van der Waals surface area (Å²) in [7, 11) is 0. The van der Waals surface area contributed by atoms with Gasteiger partial charge in [0, 0.05) is 0 Å². The maximum absolute atomic E-state index is 4.20. The van der Waals surface area contributed by atoms with Crippen LogP contribution in [0.15, 0.2) is 104 Å². The molecule has 5 rings (SSSR count). The van der Waals surface area contributed by atoms with E-state index in [9.17, 15) is 0 Å². The Bertz CT molecular complexity index is 1470. The van der Waals surface area contributed by atoms with Crippen molar-refractivity contribution in [3.8, 4) is 22.3 Å². The second-order valence-corrected chi connectivity index (χ2v) is 7.96. The quantitative estimate of drug-likeness (QED) is 0.284. The highest BCUT2D eigenvalue weighted by Gasteiger charge is 2.18. The lowest BCUT2D eigenvalue weighted by molar-refractivity contribution is 1.47. The van der Waals surface area contributed by atoms with Gasteiger partial charge in [0.25, 0.3) is 0 Å². The molecule has 0 radical (unpaired) electrons. The Morgan fingerprint density at radius 2 is 1.13 bits per heavy atom. The van der Waals surface area contributed by atoms with Crippen LogP contribution in [0.25, 0.3) is 56.0 Å². The van der Waals surface area contributed by atoms with Crippen LogP contribution in [0.3, 0.4) is 0 Å². The third-order valence-corrected chi connectivity index (χ3v) is 6.05. The number of rotatable bonds is 4. The van der Waals surface area contributed by atoms with Crippen molar-refractivity contribution < 1.29 is 0 Å². The van der Waals surface area contributed by atoms with E-state index in [1.54, 1.807) is 0 Å². The van der Waals surface area contributed by atoms with Crippen molar-refractivity contribution in [2.75, 3.05) is 0 Å². The fourth-order valence-electron chi connectivity index (χ4n) is 4.67. The Morgan fingerprint density at radius 3 is 1.74 bits per heavy atom. The number of aryl methyl sites for hydroxylation is 1. The molecule has 0 amide bonds. The van der Waals surface area contributed by atoms with Gasteiger partial charge >= 0.3 is 0 Å². The van der Waals surface area contributed by atoms with Crippen molar-refractivity contribution in [2.45, 2.75) is 6.92 Å². The van der Waals surface area contributed by atoms with Crippen molar-refractivity contribution in [3.63, 3.8) is 0 Å². The molecule has 0 bridgehead atoms. The molecule has 0 aromatic heterocycles. The van der Waals surface area contributed by atoms with Crippen molar-refractivity contribution in [1.82, 2.24) is 0 Å². The summed E-state index contributed by atoms with van der Waals surface area (Å²) in [5.74, 6) is 0. The van der Waals surface area contributed by atoms with Crippen LogP contribution < -0.4 is 0 Å². The van der Waals surface area contributed by atoms with E-state index >= 15 is 0 Å². The van der Waals surface area contributed by atoms with Gasteiger partial charge in [0.1, 0.15) is 0 Å². The van der Waals surface area contributed by atoms with Gasteiger partial charge in [0.05, 0.1) is 0 Å². The molecule has 0 unspecified atom stereocenters. The molecule has 0 atom stereocenters. The summed E-state index contributed by atoms with van der Waals surface area (Å²) in [5, 5.41) is 4.95. The lowest BCUT2D eigenvalue weighted by atomic mass is 9.83. The molecule has 0 heterocycles. The number of hydrogen-bond donors (Lipinski definition) is 0. The zero-order valence-corrected chi connectivity index (χ0v) is 17.7. The van der Waals surface area contributed by atoms with Gasteiger partial charge in [-0.1, -0.05) is 116 Å². The van der Waals surface area contributed by atoms with Crippen LogP contribution in [0.5, 0.6) is 0 Å². The van der Waals surface area contributed by atoms with Gasteiger partial charge in [0.15, 0.2) is 0 Å².